The Bertz CT molecular complexity index is 496. The zero-order valence-electron chi connectivity index (χ0n) is 8.44. The quantitative estimate of drug-likeness (QED) is 0.698. The molecule has 0 unspecified atom stereocenters. The van der Waals surface area contributed by atoms with Gasteiger partial charge in [-0.05, 0) is 30.3 Å². The molecular weight excluding hydrogens is 224 g/mol. The van der Waals surface area contributed by atoms with Crippen molar-refractivity contribution in [2.24, 2.45) is 0 Å². The molecule has 0 bridgehead atoms. The molecule has 0 saturated carbocycles. The van der Waals surface area contributed by atoms with Crippen molar-refractivity contribution in [3.8, 4) is 0 Å². The molecule has 16 heavy (non-hydrogen) atoms. The number of nitrogens with two attached hydrogens (primary N) is 2. The number of pyridine rings is 1. The zero-order valence-corrected chi connectivity index (χ0v) is 9.20. The monoisotopic (exact) mass is 234 g/mol. The van der Waals surface area contributed by atoms with Gasteiger partial charge in [0, 0.05) is 5.02 Å². The average Bonchev–Trinajstić information content (AvgIpc) is 2.25. The topological polar surface area (TPSA) is 77.0 Å². The van der Waals surface area contributed by atoms with E-state index in [4.69, 9.17) is 23.1 Å². The molecule has 0 spiro atoms. The second-order valence-corrected chi connectivity index (χ2v) is 3.76. The lowest BCUT2D eigenvalue weighted by Crippen LogP contribution is -1.97. The Morgan fingerprint density at radius 3 is 2.56 bits per heavy atom. The Kier molecular flexibility index (Phi) is 2.83. The summed E-state index contributed by atoms with van der Waals surface area (Å²) in [5.74, 6) is 0.481. The van der Waals surface area contributed by atoms with Crippen LogP contribution in [0.1, 0.15) is 0 Å². The Morgan fingerprint density at radius 1 is 1.12 bits per heavy atom. The van der Waals surface area contributed by atoms with Gasteiger partial charge >= 0.3 is 0 Å². The molecule has 82 valence electrons. The molecule has 0 saturated heterocycles. The van der Waals surface area contributed by atoms with Gasteiger partial charge in [-0.3, -0.25) is 0 Å². The van der Waals surface area contributed by atoms with Crippen molar-refractivity contribution in [2.45, 2.75) is 0 Å². The van der Waals surface area contributed by atoms with Gasteiger partial charge in [0.1, 0.15) is 5.82 Å². The Morgan fingerprint density at radius 2 is 1.94 bits per heavy atom. The minimum Gasteiger partial charge on any atom is -0.397 e. The van der Waals surface area contributed by atoms with Gasteiger partial charge in [0.05, 0.1) is 23.3 Å². The van der Waals surface area contributed by atoms with Crippen molar-refractivity contribution in [3.05, 3.63) is 41.6 Å². The van der Waals surface area contributed by atoms with Gasteiger partial charge < -0.3 is 16.8 Å². The van der Waals surface area contributed by atoms with Crippen LogP contribution in [0.15, 0.2) is 36.5 Å². The molecule has 1 heterocycles. The van der Waals surface area contributed by atoms with Gasteiger partial charge in [0.15, 0.2) is 0 Å². The summed E-state index contributed by atoms with van der Waals surface area (Å²) in [6.07, 6.45) is 1.64. The first kappa shape index (κ1) is 10.6. The number of hydrogen-bond acceptors (Lipinski definition) is 4. The molecule has 2 aromatic rings. The third-order valence-corrected chi connectivity index (χ3v) is 2.31. The van der Waals surface area contributed by atoms with Gasteiger partial charge in [-0.25, -0.2) is 4.98 Å². The normalized spacial score (nSPS) is 10.1. The molecule has 1 aromatic carbocycles. The highest BCUT2D eigenvalue weighted by Gasteiger charge is 2.00. The summed E-state index contributed by atoms with van der Waals surface area (Å²) < 4.78 is 0. The van der Waals surface area contributed by atoms with Crippen molar-refractivity contribution < 1.29 is 0 Å². The molecule has 4 nitrogen and oxygen atoms in total. The molecule has 1 aromatic heterocycles. The second kappa shape index (κ2) is 4.28. The van der Waals surface area contributed by atoms with Crippen LogP contribution < -0.4 is 16.8 Å². The number of nitrogen functional groups attached to an aromatic ring is 2. The SMILES string of the molecule is Nc1ccc(Nc2ccc(Cl)cc2N)cn1. The van der Waals surface area contributed by atoms with E-state index < -0.39 is 0 Å². The van der Waals surface area contributed by atoms with Crippen LogP contribution in [0.25, 0.3) is 0 Å². The van der Waals surface area contributed by atoms with Crippen LogP contribution in [0.4, 0.5) is 22.9 Å². The molecule has 0 radical (unpaired) electrons. The predicted octanol–water partition coefficient (Wildman–Crippen LogP) is 2.64. The van der Waals surface area contributed by atoms with E-state index >= 15 is 0 Å². The molecule has 0 amide bonds. The third kappa shape index (κ3) is 2.35. The van der Waals surface area contributed by atoms with E-state index in [2.05, 4.69) is 10.3 Å². The first-order valence-electron chi connectivity index (χ1n) is 4.69. The summed E-state index contributed by atoms with van der Waals surface area (Å²) in [5, 5.41) is 3.73. The standard InChI is InChI=1S/C11H11ClN4/c12-7-1-3-10(9(13)5-7)16-8-2-4-11(14)15-6-8/h1-6,16H,13H2,(H2,14,15). The fraction of sp³-hybridized carbons (Fsp3) is 0. The van der Waals surface area contributed by atoms with Crippen LogP contribution in [0, 0.1) is 0 Å². The molecular formula is C11H11ClN4. The van der Waals surface area contributed by atoms with Crippen LogP contribution in [0.5, 0.6) is 0 Å². The lowest BCUT2D eigenvalue weighted by atomic mass is 10.2. The maximum atomic E-state index is 5.81. The Hall–Kier alpha value is -1.94. The second-order valence-electron chi connectivity index (χ2n) is 3.33. The van der Waals surface area contributed by atoms with Crippen LogP contribution in [-0.4, -0.2) is 4.98 Å². The summed E-state index contributed by atoms with van der Waals surface area (Å²) in [4.78, 5) is 3.97. The minimum atomic E-state index is 0.481. The van der Waals surface area contributed by atoms with E-state index in [-0.39, 0.29) is 0 Å². The summed E-state index contributed by atoms with van der Waals surface area (Å²) in [6.45, 7) is 0. The van der Waals surface area contributed by atoms with Gasteiger partial charge in [-0.1, -0.05) is 11.6 Å². The number of rotatable bonds is 2. The van der Waals surface area contributed by atoms with Crippen molar-refractivity contribution in [3.63, 3.8) is 0 Å². The minimum absolute atomic E-state index is 0.481. The van der Waals surface area contributed by atoms with E-state index in [1.54, 1.807) is 24.4 Å². The number of benzene rings is 1. The van der Waals surface area contributed by atoms with Gasteiger partial charge in [0.25, 0.3) is 0 Å². The maximum Gasteiger partial charge on any atom is 0.123 e. The summed E-state index contributed by atoms with van der Waals surface area (Å²) in [7, 11) is 0. The molecule has 0 aliphatic rings. The highest BCUT2D eigenvalue weighted by Crippen LogP contribution is 2.25. The summed E-state index contributed by atoms with van der Waals surface area (Å²) in [5.41, 5.74) is 13.5. The molecule has 5 N–H and O–H groups in total. The zero-order chi connectivity index (χ0) is 11.5. The molecule has 0 atom stereocenters. The van der Waals surface area contributed by atoms with Crippen LogP contribution in [0.3, 0.4) is 0 Å². The van der Waals surface area contributed by atoms with E-state index in [0.29, 0.717) is 16.5 Å². The molecule has 0 fully saturated rings. The fourth-order valence-electron chi connectivity index (χ4n) is 1.28. The van der Waals surface area contributed by atoms with Crippen LogP contribution >= 0.6 is 11.6 Å². The van der Waals surface area contributed by atoms with E-state index in [1.807, 2.05) is 12.1 Å². The smallest absolute Gasteiger partial charge is 0.123 e. The van der Waals surface area contributed by atoms with Crippen molar-refractivity contribution in [2.75, 3.05) is 16.8 Å². The summed E-state index contributed by atoms with van der Waals surface area (Å²) >= 11 is 5.80. The highest BCUT2D eigenvalue weighted by atomic mass is 35.5. The fourth-order valence-corrected chi connectivity index (χ4v) is 1.46. The van der Waals surface area contributed by atoms with E-state index in [9.17, 15) is 0 Å². The Labute approximate surface area is 98.2 Å². The van der Waals surface area contributed by atoms with Crippen LogP contribution in [0.2, 0.25) is 5.02 Å². The number of nitrogens with zero attached hydrogens (tertiary/aromatic N) is 1. The lowest BCUT2D eigenvalue weighted by molar-refractivity contribution is 1.33. The average molecular weight is 235 g/mol. The first-order chi connectivity index (χ1) is 7.65. The maximum absolute atomic E-state index is 5.81. The molecule has 0 aliphatic heterocycles. The highest BCUT2D eigenvalue weighted by molar-refractivity contribution is 6.31. The van der Waals surface area contributed by atoms with Crippen molar-refractivity contribution in [1.82, 2.24) is 4.98 Å². The molecule has 0 aliphatic carbocycles. The molecule has 2 rings (SSSR count). The Balaban J connectivity index is 2.23. The van der Waals surface area contributed by atoms with Gasteiger partial charge in [-0.15, -0.1) is 0 Å². The van der Waals surface area contributed by atoms with Gasteiger partial charge in [0.2, 0.25) is 0 Å². The summed E-state index contributed by atoms with van der Waals surface area (Å²) in [6, 6.07) is 8.82. The predicted molar refractivity (Wildman–Crippen MR) is 67.8 cm³/mol. The van der Waals surface area contributed by atoms with Gasteiger partial charge in [-0.2, -0.15) is 0 Å². The lowest BCUT2D eigenvalue weighted by Gasteiger charge is -2.09. The number of anilines is 4. The van der Waals surface area contributed by atoms with Crippen molar-refractivity contribution >= 4 is 34.5 Å². The van der Waals surface area contributed by atoms with Crippen LogP contribution in [-0.2, 0) is 0 Å². The number of aromatic nitrogens is 1. The van der Waals surface area contributed by atoms with E-state index in [1.165, 1.54) is 0 Å². The number of nitrogens with one attached hydrogen (secondary N) is 1. The van der Waals surface area contributed by atoms with Crippen molar-refractivity contribution in [1.29, 1.82) is 0 Å². The first-order valence-corrected chi connectivity index (χ1v) is 5.06. The number of hydrogen-bond donors (Lipinski definition) is 3. The largest absolute Gasteiger partial charge is 0.397 e. The van der Waals surface area contributed by atoms with E-state index in [0.717, 1.165) is 11.4 Å². The third-order valence-electron chi connectivity index (χ3n) is 2.08. The number of halogens is 1. The molecule has 5 heteroatoms.